The van der Waals surface area contributed by atoms with Crippen molar-refractivity contribution in [3.8, 4) is 0 Å². The number of fused-ring (bicyclic) bond motifs is 1. The Morgan fingerprint density at radius 2 is 1.74 bits per heavy atom. The largest absolute Gasteiger partial charge is 0.461 e. The normalized spacial score (nSPS) is 33.5. The van der Waals surface area contributed by atoms with Gasteiger partial charge in [-0.05, 0) is 41.5 Å². The number of nitrogens with one attached hydrogen (secondary N) is 1. The van der Waals surface area contributed by atoms with E-state index in [9.17, 15) is 19.2 Å². The molecule has 11 heteroatoms. The van der Waals surface area contributed by atoms with Crippen molar-refractivity contribution in [2.24, 2.45) is 5.41 Å². The molecule has 0 saturated carbocycles. The van der Waals surface area contributed by atoms with Crippen molar-refractivity contribution >= 4 is 24.0 Å². The number of cyclic esters (lactones) is 1. The molecule has 3 aliphatic rings. The topological polar surface area (TPSA) is 136 Å². The molecule has 0 unspecified atom stereocenters. The Morgan fingerprint density at radius 3 is 2.32 bits per heavy atom. The van der Waals surface area contributed by atoms with Crippen LogP contribution in [0.1, 0.15) is 61.3 Å². The zero-order valence-corrected chi connectivity index (χ0v) is 20.8. The van der Waals surface area contributed by atoms with Gasteiger partial charge in [0.15, 0.2) is 12.2 Å². The summed E-state index contributed by atoms with van der Waals surface area (Å²) in [5.41, 5.74) is -2.49. The summed E-state index contributed by atoms with van der Waals surface area (Å²) in [6.45, 7) is 11.6. The summed E-state index contributed by atoms with van der Waals surface area (Å²) < 4.78 is 34.0. The van der Waals surface area contributed by atoms with Gasteiger partial charge < -0.3 is 33.7 Å². The molecule has 1 N–H and O–H groups in total. The van der Waals surface area contributed by atoms with Crippen LogP contribution in [0.15, 0.2) is 0 Å². The first-order valence-corrected chi connectivity index (χ1v) is 11.4. The summed E-state index contributed by atoms with van der Waals surface area (Å²) in [5.74, 6) is -1.60. The van der Waals surface area contributed by atoms with Gasteiger partial charge >= 0.3 is 24.0 Å². The fourth-order valence-corrected chi connectivity index (χ4v) is 4.21. The summed E-state index contributed by atoms with van der Waals surface area (Å²) in [5, 5.41) is 2.54. The molecule has 192 valence electrons. The molecule has 11 nitrogen and oxygen atoms in total. The quantitative estimate of drug-likeness (QED) is 0.464. The van der Waals surface area contributed by atoms with Crippen LogP contribution in [0.3, 0.4) is 0 Å². The molecule has 3 rings (SSSR count). The van der Waals surface area contributed by atoms with Crippen molar-refractivity contribution in [1.29, 1.82) is 0 Å². The lowest BCUT2D eigenvalue weighted by molar-refractivity contribution is -0.226. The third kappa shape index (κ3) is 6.18. The maximum Gasteiger partial charge on any atom is 0.408 e. The van der Waals surface area contributed by atoms with Crippen LogP contribution < -0.4 is 5.32 Å². The molecule has 0 radical (unpaired) electrons. The number of hydrogen-bond acceptors (Lipinski definition) is 10. The summed E-state index contributed by atoms with van der Waals surface area (Å²) in [4.78, 5) is 48.9. The van der Waals surface area contributed by atoms with E-state index in [2.05, 4.69) is 5.32 Å². The van der Waals surface area contributed by atoms with Crippen molar-refractivity contribution in [3.63, 3.8) is 0 Å². The summed E-state index contributed by atoms with van der Waals surface area (Å²) in [7, 11) is 0. The molecule has 6 atom stereocenters. The predicted molar refractivity (Wildman–Crippen MR) is 116 cm³/mol. The number of carbonyl (C=O) groups is 4. The maximum atomic E-state index is 12.7. The number of hydrogen-bond donors (Lipinski definition) is 1. The summed E-state index contributed by atoms with van der Waals surface area (Å²) >= 11 is 0. The van der Waals surface area contributed by atoms with Crippen LogP contribution in [0.5, 0.6) is 0 Å². The molecule has 1 spiro atoms. The molecule has 3 saturated heterocycles. The lowest BCUT2D eigenvalue weighted by Gasteiger charge is -2.39. The Balaban J connectivity index is 1.77. The SMILES string of the molecule is CC(=O)O[C@H]1CO[C@@H]2C[C@]3(COC(=O)[C@@H](NC(=O)OC(C)(C)C)C3)O[C@@H]2[C@@H]1OC(=O)C(C)(C)C. The fourth-order valence-electron chi connectivity index (χ4n) is 4.21. The van der Waals surface area contributed by atoms with Crippen molar-refractivity contribution in [3.05, 3.63) is 0 Å². The van der Waals surface area contributed by atoms with Crippen LogP contribution in [-0.2, 0) is 42.8 Å². The molecule has 3 fully saturated rings. The van der Waals surface area contributed by atoms with Crippen molar-refractivity contribution in [2.45, 2.75) is 103 Å². The van der Waals surface area contributed by atoms with Crippen LogP contribution in [0.2, 0.25) is 0 Å². The minimum absolute atomic E-state index is 0.0294. The van der Waals surface area contributed by atoms with Gasteiger partial charge in [0.2, 0.25) is 0 Å². The Labute approximate surface area is 199 Å². The van der Waals surface area contributed by atoms with E-state index < -0.39 is 71.1 Å². The monoisotopic (exact) mass is 485 g/mol. The first kappa shape index (κ1) is 26.2. The van der Waals surface area contributed by atoms with E-state index in [0.717, 1.165) is 0 Å². The highest BCUT2D eigenvalue weighted by molar-refractivity contribution is 5.82. The zero-order valence-electron chi connectivity index (χ0n) is 20.8. The van der Waals surface area contributed by atoms with E-state index >= 15 is 0 Å². The standard InChI is InChI=1S/C23H35NO10/c1-12(25)31-15-10-29-14-9-23(33-17(14)16(15)32-19(27)21(2,3)4)8-13(18(26)30-11-23)24-20(28)34-22(5,6)7/h13-17H,8-11H2,1-7H3,(H,24,28)/t13-,14+,15-,16+,17-,23+/m0/s1. The minimum atomic E-state index is -0.983. The average Bonchev–Trinajstić information content (AvgIpc) is 3.02. The number of rotatable bonds is 3. The first-order chi connectivity index (χ1) is 15.6. The molecule has 0 aromatic rings. The van der Waals surface area contributed by atoms with Gasteiger partial charge in [-0.15, -0.1) is 0 Å². The first-order valence-electron chi connectivity index (χ1n) is 11.4. The van der Waals surface area contributed by atoms with Gasteiger partial charge in [0.05, 0.1) is 18.1 Å². The molecular weight excluding hydrogens is 450 g/mol. The molecule has 0 aliphatic carbocycles. The minimum Gasteiger partial charge on any atom is -0.461 e. The number of amides is 1. The van der Waals surface area contributed by atoms with Crippen LogP contribution >= 0.6 is 0 Å². The maximum absolute atomic E-state index is 12.7. The summed E-state index contributed by atoms with van der Waals surface area (Å²) in [6.07, 6.45) is -3.25. The van der Waals surface area contributed by atoms with Gasteiger partial charge in [0, 0.05) is 19.8 Å². The fraction of sp³-hybridized carbons (Fsp3) is 0.826. The van der Waals surface area contributed by atoms with E-state index in [4.69, 9.17) is 28.4 Å². The molecule has 3 heterocycles. The van der Waals surface area contributed by atoms with Crippen LogP contribution in [-0.4, -0.2) is 78.9 Å². The van der Waals surface area contributed by atoms with Gasteiger partial charge in [-0.25, -0.2) is 9.59 Å². The Hall–Kier alpha value is -2.40. The highest BCUT2D eigenvalue weighted by Gasteiger charge is 2.59. The molecule has 0 aromatic carbocycles. The highest BCUT2D eigenvalue weighted by Crippen LogP contribution is 2.43. The van der Waals surface area contributed by atoms with Crippen molar-refractivity contribution in [1.82, 2.24) is 5.32 Å². The number of alkyl carbamates (subject to hydrolysis) is 1. The van der Waals surface area contributed by atoms with Gasteiger partial charge in [-0.3, -0.25) is 9.59 Å². The van der Waals surface area contributed by atoms with Gasteiger partial charge in [0.25, 0.3) is 0 Å². The summed E-state index contributed by atoms with van der Waals surface area (Å²) in [6, 6.07) is -0.983. The van der Waals surface area contributed by atoms with E-state index in [-0.39, 0.29) is 19.6 Å². The molecule has 0 bridgehead atoms. The van der Waals surface area contributed by atoms with Crippen molar-refractivity contribution in [2.75, 3.05) is 13.2 Å². The smallest absolute Gasteiger partial charge is 0.408 e. The third-order valence-corrected chi connectivity index (χ3v) is 5.69. The van der Waals surface area contributed by atoms with Crippen molar-refractivity contribution < 1.29 is 47.6 Å². The second-order valence-electron chi connectivity index (χ2n) is 11.1. The number of carbonyl (C=O) groups excluding carboxylic acids is 4. The highest BCUT2D eigenvalue weighted by atomic mass is 16.7. The Bertz CT molecular complexity index is 829. The predicted octanol–water partition coefficient (Wildman–Crippen LogP) is 1.64. The molecular formula is C23H35NO10. The second kappa shape index (κ2) is 9.33. The molecule has 0 aromatic heterocycles. The lowest BCUT2D eigenvalue weighted by atomic mass is 9.88. The van der Waals surface area contributed by atoms with Gasteiger partial charge in [0.1, 0.15) is 30.0 Å². The van der Waals surface area contributed by atoms with Gasteiger partial charge in [-0.1, -0.05) is 0 Å². The van der Waals surface area contributed by atoms with Crippen LogP contribution in [0, 0.1) is 5.41 Å². The molecule has 1 amide bonds. The van der Waals surface area contributed by atoms with E-state index in [1.54, 1.807) is 41.5 Å². The zero-order chi connectivity index (χ0) is 25.5. The second-order valence-corrected chi connectivity index (χ2v) is 11.1. The van der Waals surface area contributed by atoms with Gasteiger partial charge in [-0.2, -0.15) is 0 Å². The lowest BCUT2D eigenvalue weighted by Crippen LogP contribution is -2.56. The van der Waals surface area contributed by atoms with E-state index in [1.807, 2.05) is 0 Å². The Kier molecular flexibility index (Phi) is 7.19. The van der Waals surface area contributed by atoms with Crippen LogP contribution in [0.4, 0.5) is 4.79 Å². The van der Waals surface area contributed by atoms with E-state index in [1.165, 1.54) is 6.92 Å². The molecule has 3 aliphatic heterocycles. The molecule has 34 heavy (non-hydrogen) atoms. The van der Waals surface area contributed by atoms with Crippen LogP contribution in [0.25, 0.3) is 0 Å². The average molecular weight is 486 g/mol. The third-order valence-electron chi connectivity index (χ3n) is 5.69. The number of ether oxygens (including phenoxy) is 6. The van der Waals surface area contributed by atoms with E-state index in [0.29, 0.717) is 6.42 Å². The number of esters is 3. The Morgan fingerprint density at radius 1 is 1.06 bits per heavy atom.